The molecule has 0 spiro atoms. The minimum Gasteiger partial charge on any atom is -0.396 e. The van der Waals surface area contributed by atoms with Gasteiger partial charge in [0.05, 0.1) is 6.61 Å². The molecule has 13 heavy (non-hydrogen) atoms. The first-order valence-electron chi connectivity index (χ1n) is 3.91. The Kier molecular flexibility index (Phi) is 4.30. The molecule has 0 saturated heterocycles. The van der Waals surface area contributed by atoms with Crippen LogP contribution in [0.15, 0.2) is 18.3 Å². The first kappa shape index (κ1) is 10.0. The van der Waals surface area contributed by atoms with E-state index < -0.39 is 0 Å². The van der Waals surface area contributed by atoms with Crippen molar-refractivity contribution in [1.29, 1.82) is 5.26 Å². The quantitative estimate of drug-likeness (QED) is 0.731. The Balaban J connectivity index is 2.60. The Labute approximate surface area is 81.4 Å². The summed E-state index contributed by atoms with van der Waals surface area (Å²) in [6.45, 7) is 0.173. The highest BCUT2D eigenvalue weighted by molar-refractivity contribution is 7.98. The van der Waals surface area contributed by atoms with Crippen molar-refractivity contribution in [3.05, 3.63) is 29.6 Å². The molecule has 0 amide bonds. The first-order chi connectivity index (χ1) is 6.38. The smallest absolute Gasteiger partial charge is 0.144 e. The maximum atomic E-state index is 8.70. The molecule has 0 aliphatic carbocycles. The Hall–Kier alpha value is -1.05. The minimum absolute atomic E-state index is 0.173. The zero-order chi connectivity index (χ0) is 9.52. The van der Waals surface area contributed by atoms with Crippen molar-refractivity contribution in [1.82, 2.24) is 4.98 Å². The van der Waals surface area contributed by atoms with E-state index in [1.807, 2.05) is 18.2 Å². The third-order valence-corrected chi connectivity index (χ3v) is 2.48. The van der Waals surface area contributed by atoms with Gasteiger partial charge in [-0.05, 0) is 11.6 Å². The van der Waals surface area contributed by atoms with Gasteiger partial charge in [0.25, 0.3) is 0 Å². The van der Waals surface area contributed by atoms with E-state index in [4.69, 9.17) is 10.4 Å². The lowest BCUT2D eigenvalue weighted by Crippen LogP contribution is -1.93. The summed E-state index contributed by atoms with van der Waals surface area (Å²) in [5.41, 5.74) is 1.41. The molecule has 3 nitrogen and oxygen atoms in total. The second-order valence-electron chi connectivity index (χ2n) is 2.40. The molecule has 0 aliphatic heterocycles. The molecule has 0 fully saturated rings. The summed E-state index contributed by atoms with van der Waals surface area (Å²) in [6.07, 6.45) is 1.61. The molecule has 0 bridgehead atoms. The molecular formula is C9H10N2OS. The van der Waals surface area contributed by atoms with Crippen molar-refractivity contribution in [2.75, 3.05) is 12.4 Å². The second kappa shape index (κ2) is 5.57. The van der Waals surface area contributed by atoms with Crippen LogP contribution in [0.2, 0.25) is 0 Å². The van der Waals surface area contributed by atoms with Crippen molar-refractivity contribution in [2.24, 2.45) is 0 Å². The summed E-state index contributed by atoms with van der Waals surface area (Å²) in [5.74, 6) is 1.43. The normalized spacial score (nSPS) is 9.54. The molecule has 1 heterocycles. The van der Waals surface area contributed by atoms with E-state index in [2.05, 4.69) is 4.98 Å². The van der Waals surface area contributed by atoms with E-state index in [0.29, 0.717) is 11.4 Å². The van der Waals surface area contributed by atoms with Crippen LogP contribution in [0.5, 0.6) is 0 Å². The summed E-state index contributed by atoms with van der Waals surface area (Å²) >= 11 is 1.59. The summed E-state index contributed by atoms with van der Waals surface area (Å²) in [5, 5.41) is 17.3. The monoisotopic (exact) mass is 194 g/mol. The van der Waals surface area contributed by atoms with Crippen molar-refractivity contribution in [2.45, 2.75) is 5.75 Å². The van der Waals surface area contributed by atoms with Gasteiger partial charge < -0.3 is 5.11 Å². The number of nitrogens with zero attached hydrogens (tertiary/aromatic N) is 2. The maximum Gasteiger partial charge on any atom is 0.144 e. The molecule has 1 N–H and O–H groups in total. The average Bonchev–Trinajstić information content (AvgIpc) is 2.19. The van der Waals surface area contributed by atoms with Gasteiger partial charge in [0, 0.05) is 17.7 Å². The fourth-order valence-electron chi connectivity index (χ4n) is 0.902. The molecule has 68 valence electrons. The standard InChI is InChI=1S/C9H10N2OS/c10-6-9-8(2-1-3-11-9)7-13-5-4-12/h1-3,12H,4-5,7H2. The predicted octanol–water partition coefficient (Wildman–Crippen LogP) is 1.18. The van der Waals surface area contributed by atoms with Crippen LogP contribution in [0, 0.1) is 11.3 Å². The fraction of sp³-hybridized carbons (Fsp3) is 0.333. The minimum atomic E-state index is 0.173. The van der Waals surface area contributed by atoms with Crippen LogP contribution in [-0.4, -0.2) is 22.5 Å². The van der Waals surface area contributed by atoms with Gasteiger partial charge in [-0.2, -0.15) is 17.0 Å². The first-order valence-corrected chi connectivity index (χ1v) is 5.06. The summed E-state index contributed by atoms with van der Waals surface area (Å²) in [4.78, 5) is 3.94. The van der Waals surface area contributed by atoms with E-state index in [0.717, 1.165) is 11.3 Å². The van der Waals surface area contributed by atoms with E-state index in [1.54, 1.807) is 18.0 Å². The Morgan fingerprint density at radius 1 is 1.62 bits per heavy atom. The largest absolute Gasteiger partial charge is 0.396 e. The van der Waals surface area contributed by atoms with E-state index >= 15 is 0 Å². The van der Waals surface area contributed by atoms with Crippen LogP contribution in [0.4, 0.5) is 0 Å². The van der Waals surface area contributed by atoms with Gasteiger partial charge in [0.15, 0.2) is 0 Å². The molecule has 1 aromatic rings. The van der Waals surface area contributed by atoms with E-state index in [1.165, 1.54) is 0 Å². The number of aliphatic hydroxyl groups excluding tert-OH is 1. The number of nitriles is 1. The van der Waals surface area contributed by atoms with Crippen molar-refractivity contribution >= 4 is 11.8 Å². The van der Waals surface area contributed by atoms with Crippen molar-refractivity contribution < 1.29 is 5.11 Å². The SMILES string of the molecule is N#Cc1ncccc1CSCCO. The summed E-state index contributed by atoms with van der Waals surface area (Å²) in [6, 6.07) is 5.74. The van der Waals surface area contributed by atoms with Crippen LogP contribution in [-0.2, 0) is 5.75 Å². The lowest BCUT2D eigenvalue weighted by Gasteiger charge is -2.00. The Morgan fingerprint density at radius 2 is 2.46 bits per heavy atom. The van der Waals surface area contributed by atoms with Crippen LogP contribution < -0.4 is 0 Å². The Morgan fingerprint density at radius 3 is 3.15 bits per heavy atom. The van der Waals surface area contributed by atoms with E-state index in [-0.39, 0.29) is 6.61 Å². The van der Waals surface area contributed by atoms with Gasteiger partial charge in [0.1, 0.15) is 11.8 Å². The number of aromatic nitrogens is 1. The Bertz CT molecular complexity index is 309. The number of aliphatic hydroxyl groups is 1. The fourth-order valence-corrected chi connectivity index (χ4v) is 1.63. The van der Waals surface area contributed by atoms with Crippen molar-refractivity contribution in [3.8, 4) is 6.07 Å². The van der Waals surface area contributed by atoms with Gasteiger partial charge in [-0.15, -0.1) is 0 Å². The van der Waals surface area contributed by atoms with Crippen LogP contribution >= 0.6 is 11.8 Å². The van der Waals surface area contributed by atoms with Crippen molar-refractivity contribution in [3.63, 3.8) is 0 Å². The molecule has 0 unspecified atom stereocenters. The lowest BCUT2D eigenvalue weighted by atomic mass is 10.2. The molecule has 0 radical (unpaired) electrons. The summed E-state index contributed by atoms with van der Waals surface area (Å²) < 4.78 is 0. The molecule has 0 aromatic carbocycles. The maximum absolute atomic E-state index is 8.70. The average molecular weight is 194 g/mol. The molecule has 1 rings (SSSR count). The molecule has 0 aliphatic rings. The van der Waals surface area contributed by atoms with Crippen LogP contribution in [0.1, 0.15) is 11.3 Å². The number of rotatable bonds is 4. The zero-order valence-electron chi connectivity index (χ0n) is 7.10. The highest BCUT2D eigenvalue weighted by Crippen LogP contribution is 2.13. The van der Waals surface area contributed by atoms with E-state index in [9.17, 15) is 0 Å². The van der Waals surface area contributed by atoms with Gasteiger partial charge in [-0.25, -0.2) is 4.98 Å². The lowest BCUT2D eigenvalue weighted by molar-refractivity contribution is 0.322. The zero-order valence-corrected chi connectivity index (χ0v) is 7.92. The second-order valence-corrected chi connectivity index (χ2v) is 3.50. The number of hydrogen-bond acceptors (Lipinski definition) is 4. The molecule has 0 saturated carbocycles. The molecule has 0 atom stereocenters. The van der Waals surface area contributed by atoms with Crippen LogP contribution in [0.25, 0.3) is 0 Å². The van der Waals surface area contributed by atoms with Gasteiger partial charge in [0.2, 0.25) is 0 Å². The number of pyridine rings is 1. The van der Waals surface area contributed by atoms with Gasteiger partial charge >= 0.3 is 0 Å². The highest BCUT2D eigenvalue weighted by Gasteiger charge is 2.00. The highest BCUT2D eigenvalue weighted by atomic mass is 32.2. The topological polar surface area (TPSA) is 56.9 Å². The summed E-state index contributed by atoms with van der Waals surface area (Å²) in [7, 11) is 0. The molecular weight excluding hydrogens is 184 g/mol. The predicted molar refractivity (Wildman–Crippen MR) is 52.2 cm³/mol. The van der Waals surface area contributed by atoms with Crippen LogP contribution in [0.3, 0.4) is 0 Å². The third-order valence-electron chi connectivity index (χ3n) is 1.49. The number of thioether (sulfide) groups is 1. The number of hydrogen-bond donors (Lipinski definition) is 1. The van der Waals surface area contributed by atoms with Gasteiger partial charge in [-0.3, -0.25) is 0 Å². The van der Waals surface area contributed by atoms with Gasteiger partial charge in [-0.1, -0.05) is 6.07 Å². The molecule has 1 aromatic heterocycles. The molecule has 4 heteroatoms. The third kappa shape index (κ3) is 3.05.